The minimum Gasteiger partial charge on any atom is -0.493 e. The normalized spacial score (nSPS) is 22.8. The molecule has 1 aromatic rings. The van der Waals surface area contributed by atoms with Crippen molar-refractivity contribution in [3.8, 4) is 29.6 Å². The third-order valence-corrected chi connectivity index (χ3v) is 3.62. The molecule has 1 heterocycles. The number of benzene rings is 1. The average Bonchev–Trinajstić information content (AvgIpc) is 2.61. The Balaban J connectivity index is 2.35. The van der Waals surface area contributed by atoms with E-state index >= 15 is 0 Å². The maximum atomic E-state index is 10.1. The van der Waals surface area contributed by atoms with Crippen LogP contribution in [0.15, 0.2) is 24.2 Å². The van der Waals surface area contributed by atoms with Gasteiger partial charge in [0.15, 0.2) is 11.5 Å². The summed E-state index contributed by atoms with van der Waals surface area (Å²) in [6.45, 7) is -0.564. The Morgan fingerprint density at radius 1 is 1.21 bits per heavy atom. The van der Waals surface area contributed by atoms with E-state index < -0.39 is 18.1 Å². The van der Waals surface area contributed by atoms with Crippen molar-refractivity contribution in [3.63, 3.8) is 0 Å². The second-order valence-electron chi connectivity index (χ2n) is 5.10. The van der Waals surface area contributed by atoms with Gasteiger partial charge in [-0.25, -0.2) is 0 Å². The topological polar surface area (TPSA) is 97.6 Å². The number of terminal acetylenes is 1. The van der Waals surface area contributed by atoms with Gasteiger partial charge in [-0.15, -0.1) is 6.42 Å². The summed E-state index contributed by atoms with van der Waals surface area (Å²) in [6, 6.07) is 3.18. The fourth-order valence-corrected chi connectivity index (χ4v) is 2.37. The van der Waals surface area contributed by atoms with Crippen molar-refractivity contribution in [3.05, 3.63) is 29.7 Å². The quantitative estimate of drug-likeness (QED) is 0.648. The molecule has 0 radical (unpaired) electrons. The number of aliphatic hydroxyl groups excluding tert-OH is 3. The maximum Gasteiger partial charge on any atom is 0.283 e. The summed E-state index contributed by atoms with van der Waals surface area (Å²) in [5.41, 5.74) is 0.579. The Morgan fingerprint density at radius 3 is 2.29 bits per heavy atom. The summed E-state index contributed by atoms with van der Waals surface area (Å²) in [5.74, 6) is 2.53. The van der Waals surface area contributed by atoms with Gasteiger partial charge in [0.2, 0.25) is 5.75 Å². The first kappa shape index (κ1) is 17.9. The minimum absolute atomic E-state index is 0.0265. The largest absolute Gasteiger partial charge is 0.493 e. The van der Waals surface area contributed by atoms with Gasteiger partial charge in [-0.05, 0) is 17.7 Å². The van der Waals surface area contributed by atoms with E-state index in [9.17, 15) is 15.3 Å². The molecule has 1 aromatic carbocycles. The fraction of sp³-hybridized carbons (Fsp3) is 0.412. The molecule has 130 valence electrons. The molecule has 1 aliphatic heterocycles. The van der Waals surface area contributed by atoms with Gasteiger partial charge in [0, 0.05) is 6.08 Å². The van der Waals surface area contributed by atoms with Crippen molar-refractivity contribution in [1.29, 1.82) is 0 Å². The van der Waals surface area contributed by atoms with Crippen LogP contribution in [0, 0.1) is 18.3 Å². The summed E-state index contributed by atoms with van der Waals surface area (Å²) in [5, 5.41) is 28.7. The van der Waals surface area contributed by atoms with E-state index in [0.29, 0.717) is 17.1 Å². The molecule has 3 atom stereocenters. The van der Waals surface area contributed by atoms with Crippen LogP contribution in [0.2, 0.25) is 0 Å². The molecule has 3 unspecified atom stereocenters. The Morgan fingerprint density at radius 2 is 1.83 bits per heavy atom. The van der Waals surface area contributed by atoms with Crippen LogP contribution in [-0.2, 0) is 11.3 Å². The highest BCUT2D eigenvalue weighted by Crippen LogP contribution is 2.40. The number of aliphatic hydroxyl groups is 3. The standard InChI is InChI=1S/C17H20O7/c1-4-11-12(20)7-16(23-15(11)9-19)24-17-13(21-2)5-10(8-18)6-14(17)22-3/h1,5-7,11-12,15,18-20H,8-9H2,2-3H3. The predicted molar refractivity (Wildman–Crippen MR) is 84.5 cm³/mol. The first-order valence-electron chi connectivity index (χ1n) is 7.25. The van der Waals surface area contributed by atoms with Gasteiger partial charge in [0.1, 0.15) is 6.10 Å². The van der Waals surface area contributed by atoms with Crippen LogP contribution < -0.4 is 14.2 Å². The first-order chi connectivity index (χ1) is 11.6. The lowest BCUT2D eigenvalue weighted by molar-refractivity contribution is -0.0559. The van der Waals surface area contributed by atoms with Crippen molar-refractivity contribution >= 4 is 0 Å². The molecule has 0 bridgehead atoms. The van der Waals surface area contributed by atoms with Crippen LogP contribution >= 0.6 is 0 Å². The molecular formula is C17H20O7. The van der Waals surface area contributed by atoms with Crippen LogP contribution in [0.1, 0.15) is 5.56 Å². The minimum atomic E-state index is -1.02. The summed E-state index contributed by atoms with van der Waals surface area (Å²) in [6.07, 6.45) is 4.84. The Bertz CT molecular complexity index is 622. The molecule has 7 nitrogen and oxygen atoms in total. The van der Waals surface area contributed by atoms with E-state index in [4.69, 9.17) is 25.4 Å². The van der Waals surface area contributed by atoms with Crippen molar-refractivity contribution < 1.29 is 34.3 Å². The fourth-order valence-electron chi connectivity index (χ4n) is 2.37. The number of hydrogen-bond donors (Lipinski definition) is 3. The monoisotopic (exact) mass is 336 g/mol. The van der Waals surface area contributed by atoms with Gasteiger partial charge >= 0.3 is 0 Å². The lowest BCUT2D eigenvalue weighted by atomic mass is 9.95. The smallest absolute Gasteiger partial charge is 0.283 e. The van der Waals surface area contributed by atoms with Crippen LogP contribution in [0.5, 0.6) is 17.2 Å². The highest BCUT2D eigenvalue weighted by Gasteiger charge is 2.34. The third-order valence-electron chi connectivity index (χ3n) is 3.62. The van der Waals surface area contributed by atoms with Crippen molar-refractivity contribution in [1.82, 2.24) is 0 Å². The van der Waals surface area contributed by atoms with Gasteiger partial charge in [0.05, 0.1) is 39.5 Å². The van der Waals surface area contributed by atoms with Crippen molar-refractivity contribution in [2.24, 2.45) is 5.92 Å². The average molecular weight is 336 g/mol. The summed E-state index contributed by atoms with van der Waals surface area (Å²) >= 11 is 0. The van der Waals surface area contributed by atoms with Gasteiger partial charge in [-0.3, -0.25) is 0 Å². The first-order valence-corrected chi connectivity index (χ1v) is 7.25. The maximum absolute atomic E-state index is 10.1. The van der Waals surface area contributed by atoms with Crippen LogP contribution in [0.3, 0.4) is 0 Å². The SMILES string of the molecule is C#CC1C(O)C=C(Oc2c(OC)cc(CO)cc2OC)OC1CO. The van der Waals surface area contributed by atoms with E-state index in [-0.39, 0.29) is 24.9 Å². The molecule has 0 aliphatic carbocycles. The second kappa shape index (κ2) is 7.93. The molecule has 1 aliphatic rings. The van der Waals surface area contributed by atoms with E-state index in [1.807, 2.05) is 0 Å². The van der Waals surface area contributed by atoms with Crippen LogP contribution in [0.4, 0.5) is 0 Å². The zero-order valence-corrected chi connectivity index (χ0v) is 13.4. The molecule has 0 aromatic heterocycles. The molecule has 3 N–H and O–H groups in total. The number of methoxy groups -OCH3 is 2. The van der Waals surface area contributed by atoms with Gasteiger partial charge in [-0.1, -0.05) is 5.92 Å². The summed E-state index contributed by atoms with van der Waals surface area (Å²) in [7, 11) is 2.89. The molecular weight excluding hydrogens is 316 g/mol. The van der Waals surface area contributed by atoms with Gasteiger partial charge in [-0.2, -0.15) is 0 Å². The lowest BCUT2D eigenvalue weighted by Gasteiger charge is -2.30. The highest BCUT2D eigenvalue weighted by molar-refractivity contribution is 5.54. The summed E-state index contributed by atoms with van der Waals surface area (Å²) in [4.78, 5) is 0. The molecule has 0 saturated heterocycles. The number of rotatable bonds is 6. The Kier molecular flexibility index (Phi) is 5.93. The molecule has 0 amide bonds. The van der Waals surface area contributed by atoms with E-state index in [0.717, 1.165) is 0 Å². The number of hydrogen-bond acceptors (Lipinski definition) is 7. The lowest BCUT2D eigenvalue weighted by Crippen LogP contribution is -2.39. The molecule has 7 heteroatoms. The van der Waals surface area contributed by atoms with Crippen molar-refractivity contribution in [2.75, 3.05) is 20.8 Å². The van der Waals surface area contributed by atoms with E-state index in [2.05, 4.69) is 5.92 Å². The van der Waals surface area contributed by atoms with Crippen molar-refractivity contribution in [2.45, 2.75) is 18.8 Å². The van der Waals surface area contributed by atoms with Gasteiger partial charge < -0.3 is 34.3 Å². The van der Waals surface area contributed by atoms with E-state index in [1.54, 1.807) is 12.1 Å². The zero-order valence-electron chi connectivity index (χ0n) is 13.4. The third kappa shape index (κ3) is 3.57. The predicted octanol–water partition coefficient (Wildman–Crippen LogP) is 0.418. The van der Waals surface area contributed by atoms with E-state index in [1.165, 1.54) is 20.3 Å². The van der Waals surface area contributed by atoms with Gasteiger partial charge in [0.25, 0.3) is 5.95 Å². The molecule has 0 spiro atoms. The molecule has 24 heavy (non-hydrogen) atoms. The second-order valence-corrected chi connectivity index (χ2v) is 5.10. The number of ether oxygens (including phenoxy) is 4. The molecule has 0 saturated carbocycles. The van der Waals surface area contributed by atoms with Crippen LogP contribution in [0.25, 0.3) is 0 Å². The zero-order chi connectivity index (χ0) is 17.7. The van der Waals surface area contributed by atoms with Crippen LogP contribution in [-0.4, -0.2) is 48.4 Å². The molecule has 2 rings (SSSR count). The Hall–Kier alpha value is -2.40. The summed E-state index contributed by atoms with van der Waals surface area (Å²) < 4.78 is 21.7. The Labute approximate surface area is 140 Å². The molecule has 0 fully saturated rings. The highest BCUT2D eigenvalue weighted by atomic mass is 16.7.